The second kappa shape index (κ2) is 9.69. The van der Waals surface area contributed by atoms with E-state index in [-0.39, 0.29) is 12.5 Å². The van der Waals surface area contributed by atoms with Crippen LogP contribution in [0.3, 0.4) is 0 Å². The number of ether oxygens (including phenoxy) is 2. The number of methoxy groups -OCH3 is 1. The quantitative estimate of drug-likeness (QED) is 0.703. The van der Waals surface area contributed by atoms with Gasteiger partial charge in [0.25, 0.3) is 5.91 Å². The first-order chi connectivity index (χ1) is 12.1. The molecule has 0 bridgehead atoms. The molecule has 1 amide bonds. The third kappa shape index (κ3) is 6.47. The molecular weight excluding hydrogens is 316 g/mol. The fourth-order valence-corrected chi connectivity index (χ4v) is 2.32. The zero-order valence-electron chi connectivity index (χ0n) is 15.1. The van der Waals surface area contributed by atoms with E-state index in [1.165, 1.54) is 0 Å². The SMILES string of the molecule is COc1ccc(OCC(=O)N(CCN(C)C)Cc2ccccc2)cc1. The topological polar surface area (TPSA) is 42.0 Å². The van der Waals surface area contributed by atoms with E-state index in [0.717, 1.165) is 17.9 Å². The van der Waals surface area contributed by atoms with Gasteiger partial charge < -0.3 is 19.3 Å². The summed E-state index contributed by atoms with van der Waals surface area (Å²) in [5, 5.41) is 0. The van der Waals surface area contributed by atoms with Gasteiger partial charge in [0, 0.05) is 19.6 Å². The summed E-state index contributed by atoms with van der Waals surface area (Å²) in [4.78, 5) is 16.5. The van der Waals surface area contributed by atoms with Crippen LogP contribution >= 0.6 is 0 Å². The summed E-state index contributed by atoms with van der Waals surface area (Å²) < 4.78 is 10.8. The summed E-state index contributed by atoms with van der Waals surface area (Å²) in [5.74, 6) is 1.39. The molecule has 0 unspecified atom stereocenters. The van der Waals surface area contributed by atoms with Crippen LogP contribution < -0.4 is 9.47 Å². The van der Waals surface area contributed by atoms with Gasteiger partial charge >= 0.3 is 0 Å². The monoisotopic (exact) mass is 342 g/mol. The molecule has 0 aliphatic rings. The molecule has 0 aromatic heterocycles. The summed E-state index contributed by atoms with van der Waals surface area (Å²) in [7, 11) is 5.61. The molecule has 0 radical (unpaired) electrons. The molecule has 5 nitrogen and oxygen atoms in total. The van der Waals surface area contributed by atoms with E-state index in [1.54, 1.807) is 19.2 Å². The standard InChI is InChI=1S/C20H26N2O3/c1-21(2)13-14-22(15-17-7-5-4-6-8-17)20(23)16-25-19-11-9-18(24-3)10-12-19/h4-12H,13-16H2,1-3H3. The third-order valence-electron chi connectivity index (χ3n) is 3.81. The average molecular weight is 342 g/mol. The van der Waals surface area contributed by atoms with Crippen molar-refractivity contribution >= 4 is 5.91 Å². The summed E-state index contributed by atoms with van der Waals surface area (Å²) >= 11 is 0. The molecule has 25 heavy (non-hydrogen) atoms. The minimum atomic E-state index is -0.0264. The number of amides is 1. The summed E-state index contributed by atoms with van der Waals surface area (Å²) in [6.45, 7) is 2.07. The smallest absolute Gasteiger partial charge is 0.260 e. The Kier molecular flexibility index (Phi) is 7.29. The van der Waals surface area contributed by atoms with Crippen molar-refractivity contribution in [1.82, 2.24) is 9.80 Å². The van der Waals surface area contributed by atoms with E-state index in [9.17, 15) is 4.79 Å². The van der Waals surface area contributed by atoms with Gasteiger partial charge in [-0.3, -0.25) is 4.79 Å². The molecule has 0 saturated carbocycles. The Labute approximate surface area is 149 Å². The van der Waals surface area contributed by atoms with Gasteiger partial charge in [-0.1, -0.05) is 30.3 Å². The number of carbonyl (C=O) groups excluding carboxylic acids is 1. The first kappa shape index (κ1) is 18.8. The first-order valence-corrected chi connectivity index (χ1v) is 8.32. The van der Waals surface area contributed by atoms with E-state index in [4.69, 9.17) is 9.47 Å². The summed E-state index contributed by atoms with van der Waals surface area (Å²) in [6, 6.07) is 17.2. The van der Waals surface area contributed by atoms with Crippen LogP contribution in [-0.2, 0) is 11.3 Å². The molecule has 5 heteroatoms. The predicted octanol–water partition coefficient (Wildman–Crippen LogP) is 2.66. The average Bonchev–Trinajstić information content (AvgIpc) is 2.64. The van der Waals surface area contributed by atoms with Crippen molar-refractivity contribution in [2.75, 3.05) is 40.9 Å². The van der Waals surface area contributed by atoms with Gasteiger partial charge in [0.1, 0.15) is 11.5 Å². The molecule has 0 atom stereocenters. The van der Waals surface area contributed by atoms with Gasteiger partial charge in [0.15, 0.2) is 6.61 Å². The lowest BCUT2D eigenvalue weighted by atomic mass is 10.2. The Hall–Kier alpha value is -2.53. The highest BCUT2D eigenvalue weighted by molar-refractivity contribution is 5.77. The maximum Gasteiger partial charge on any atom is 0.260 e. The van der Waals surface area contributed by atoms with Gasteiger partial charge in [-0.05, 0) is 43.9 Å². The van der Waals surface area contributed by atoms with Gasteiger partial charge in [0.05, 0.1) is 7.11 Å². The highest BCUT2D eigenvalue weighted by Gasteiger charge is 2.15. The Morgan fingerprint density at radius 1 is 0.920 bits per heavy atom. The molecular formula is C20H26N2O3. The van der Waals surface area contributed by atoms with E-state index < -0.39 is 0 Å². The number of rotatable bonds is 9. The molecule has 0 heterocycles. The fourth-order valence-electron chi connectivity index (χ4n) is 2.32. The van der Waals surface area contributed by atoms with Crippen molar-refractivity contribution in [2.45, 2.75) is 6.54 Å². The highest BCUT2D eigenvalue weighted by atomic mass is 16.5. The van der Waals surface area contributed by atoms with Gasteiger partial charge in [-0.15, -0.1) is 0 Å². The molecule has 134 valence electrons. The molecule has 0 aliphatic heterocycles. The number of hydrogen-bond acceptors (Lipinski definition) is 4. The van der Waals surface area contributed by atoms with Crippen molar-refractivity contribution < 1.29 is 14.3 Å². The Bertz CT molecular complexity index is 642. The van der Waals surface area contributed by atoms with Crippen LogP contribution in [0.2, 0.25) is 0 Å². The van der Waals surface area contributed by atoms with Crippen molar-refractivity contribution in [3.63, 3.8) is 0 Å². The number of carbonyl (C=O) groups is 1. The van der Waals surface area contributed by atoms with E-state index >= 15 is 0 Å². The zero-order chi connectivity index (χ0) is 18.1. The third-order valence-corrected chi connectivity index (χ3v) is 3.81. The summed E-state index contributed by atoms with van der Waals surface area (Å²) in [5.41, 5.74) is 1.11. The largest absolute Gasteiger partial charge is 0.497 e. The van der Waals surface area contributed by atoms with Gasteiger partial charge in [-0.25, -0.2) is 0 Å². The number of likely N-dealkylation sites (N-methyl/N-ethyl adjacent to an activating group) is 1. The van der Waals surface area contributed by atoms with Crippen LogP contribution in [0.15, 0.2) is 54.6 Å². The van der Waals surface area contributed by atoms with Crippen molar-refractivity contribution in [3.05, 3.63) is 60.2 Å². The molecule has 2 aromatic carbocycles. The van der Waals surface area contributed by atoms with E-state index in [0.29, 0.717) is 18.8 Å². The Balaban J connectivity index is 1.95. The molecule has 0 N–H and O–H groups in total. The minimum Gasteiger partial charge on any atom is -0.497 e. The number of benzene rings is 2. The Morgan fingerprint density at radius 2 is 1.56 bits per heavy atom. The van der Waals surface area contributed by atoms with Crippen molar-refractivity contribution in [1.29, 1.82) is 0 Å². The fraction of sp³-hybridized carbons (Fsp3) is 0.350. The Morgan fingerprint density at radius 3 is 2.16 bits per heavy atom. The lowest BCUT2D eigenvalue weighted by molar-refractivity contribution is -0.134. The molecule has 0 fully saturated rings. The molecule has 2 aromatic rings. The predicted molar refractivity (Wildman–Crippen MR) is 98.9 cm³/mol. The maximum absolute atomic E-state index is 12.6. The van der Waals surface area contributed by atoms with Gasteiger partial charge in [0.2, 0.25) is 0 Å². The second-order valence-electron chi connectivity index (χ2n) is 6.07. The lowest BCUT2D eigenvalue weighted by Gasteiger charge is -2.24. The number of nitrogens with zero attached hydrogens (tertiary/aromatic N) is 2. The van der Waals surface area contributed by atoms with Crippen molar-refractivity contribution in [2.24, 2.45) is 0 Å². The minimum absolute atomic E-state index is 0.0204. The maximum atomic E-state index is 12.6. The first-order valence-electron chi connectivity index (χ1n) is 8.32. The lowest BCUT2D eigenvalue weighted by Crippen LogP contribution is -2.38. The van der Waals surface area contributed by atoms with E-state index in [2.05, 4.69) is 4.90 Å². The van der Waals surface area contributed by atoms with Crippen LogP contribution in [-0.4, -0.2) is 56.6 Å². The highest BCUT2D eigenvalue weighted by Crippen LogP contribution is 2.17. The van der Waals surface area contributed by atoms with Crippen LogP contribution in [0.4, 0.5) is 0 Å². The molecule has 2 rings (SSSR count). The molecule has 0 spiro atoms. The van der Waals surface area contributed by atoms with Crippen LogP contribution in [0, 0.1) is 0 Å². The second-order valence-corrected chi connectivity index (χ2v) is 6.07. The summed E-state index contributed by atoms with van der Waals surface area (Å²) in [6.07, 6.45) is 0. The van der Waals surface area contributed by atoms with Crippen LogP contribution in [0.25, 0.3) is 0 Å². The number of hydrogen-bond donors (Lipinski definition) is 0. The van der Waals surface area contributed by atoms with Crippen molar-refractivity contribution in [3.8, 4) is 11.5 Å². The van der Waals surface area contributed by atoms with Crippen LogP contribution in [0.1, 0.15) is 5.56 Å². The van der Waals surface area contributed by atoms with Crippen LogP contribution in [0.5, 0.6) is 11.5 Å². The van der Waals surface area contributed by atoms with E-state index in [1.807, 2.05) is 61.5 Å². The normalized spacial score (nSPS) is 10.6. The molecule has 0 saturated heterocycles. The molecule has 0 aliphatic carbocycles. The zero-order valence-corrected chi connectivity index (χ0v) is 15.1. The van der Waals surface area contributed by atoms with Gasteiger partial charge in [-0.2, -0.15) is 0 Å².